The Kier molecular flexibility index (Phi) is 3.88. The van der Waals surface area contributed by atoms with Crippen molar-refractivity contribution in [3.8, 4) is 0 Å². The lowest BCUT2D eigenvalue weighted by atomic mass is 9.96. The van der Waals surface area contributed by atoms with Crippen molar-refractivity contribution in [1.82, 2.24) is 19.9 Å². The number of carbonyl (C=O) groups excluding carboxylic acids is 1. The highest BCUT2D eigenvalue weighted by molar-refractivity contribution is 5.96. The van der Waals surface area contributed by atoms with E-state index in [1.54, 1.807) is 36.9 Å². The van der Waals surface area contributed by atoms with Gasteiger partial charge in [0.2, 0.25) is 0 Å². The monoisotopic (exact) mass is 328 g/mol. The largest absolute Gasteiger partial charge is 0.466 e. The summed E-state index contributed by atoms with van der Waals surface area (Å²) in [5, 5.41) is 13.4. The van der Waals surface area contributed by atoms with Gasteiger partial charge in [0.1, 0.15) is 22.6 Å². The maximum Gasteiger partial charge on any atom is 0.253 e. The Morgan fingerprint density at radius 2 is 2.12 bits per heavy atom. The molecule has 3 heterocycles. The molecule has 1 atom stereocenters. The van der Waals surface area contributed by atoms with E-state index in [1.807, 2.05) is 14.0 Å². The van der Waals surface area contributed by atoms with Gasteiger partial charge in [0.05, 0.1) is 18.4 Å². The number of rotatable bonds is 4. The number of imidazole rings is 1. The van der Waals surface area contributed by atoms with Crippen LogP contribution in [0.25, 0.3) is 11.2 Å². The van der Waals surface area contributed by atoms with Crippen LogP contribution in [0.5, 0.6) is 0 Å². The number of aryl methyl sites for hydroxylation is 3. The molecule has 0 radical (unpaired) electrons. The van der Waals surface area contributed by atoms with Gasteiger partial charge in [-0.2, -0.15) is 0 Å². The van der Waals surface area contributed by atoms with Gasteiger partial charge >= 0.3 is 0 Å². The van der Waals surface area contributed by atoms with E-state index in [9.17, 15) is 9.90 Å². The molecule has 3 aromatic heterocycles. The fourth-order valence-electron chi connectivity index (χ4n) is 2.76. The topological polar surface area (TPSA) is 93.2 Å². The van der Waals surface area contributed by atoms with Crippen LogP contribution in [0, 0.1) is 13.8 Å². The van der Waals surface area contributed by atoms with Crippen LogP contribution < -0.4 is 5.32 Å². The molecule has 2 N–H and O–H groups in total. The minimum atomic E-state index is -1.22. The molecule has 126 valence electrons. The molecular formula is C17H20N4O3. The van der Waals surface area contributed by atoms with Crippen LogP contribution in [0.3, 0.4) is 0 Å². The molecule has 1 unspecified atom stereocenters. The normalized spacial score (nSPS) is 13.9. The standard InChI is InChI=1S/C17H20N4O3/c1-10-5-13(11(2)24-10)17(3,23)8-19-16(22)12-6-14-15(18-7-12)21(4)9-20-14/h5-7,9,23H,8H2,1-4H3,(H,19,22). The van der Waals surface area contributed by atoms with E-state index in [1.165, 1.54) is 6.20 Å². The fraction of sp³-hybridized carbons (Fsp3) is 0.353. The Balaban J connectivity index is 1.75. The summed E-state index contributed by atoms with van der Waals surface area (Å²) in [5.74, 6) is 1.05. The third kappa shape index (κ3) is 2.90. The number of nitrogens with zero attached hydrogens (tertiary/aromatic N) is 3. The predicted molar refractivity (Wildman–Crippen MR) is 88.6 cm³/mol. The van der Waals surface area contributed by atoms with Crippen molar-refractivity contribution >= 4 is 17.1 Å². The van der Waals surface area contributed by atoms with Gasteiger partial charge in [0, 0.05) is 18.8 Å². The third-order valence-corrected chi connectivity index (χ3v) is 4.03. The highest BCUT2D eigenvalue weighted by Crippen LogP contribution is 2.26. The predicted octanol–water partition coefficient (Wildman–Crippen LogP) is 1.82. The summed E-state index contributed by atoms with van der Waals surface area (Å²) in [6.45, 7) is 5.31. The summed E-state index contributed by atoms with van der Waals surface area (Å²) in [7, 11) is 1.84. The number of carbonyl (C=O) groups is 1. The molecule has 0 fully saturated rings. The number of aliphatic hydroxyl groups is 1. The molecule has 0 aliphatic rings. The van der Waals surface area contributed by atoms with Crippen LogP contribution in [0.4, 0.5) is 0 Å². The molecule has 0 saturated carbocycles. The van der Waals surface area contributed by atoms with Crippen LogP contribution in [0.2, 0.25) is 0 Å². The lowest BCUT2D eigenvalue weighted by Gasteiger charge is -2.23. The van der Waals surface area contributed by atoms with Crippen LogP contribution in [0.1, 0.15) is 34.4 Å². The Morgan fingerprint density at radius 3 is 2.79 bits per heavy atom. The Bertz CT molecular complexity index is 908. The van der Waals surface area contributed by atoms with Gasteiger partial charge in [-0.1, -0.05) is 0 Å². The van der Waals surface area contributed by atoms with E-state index in [-0.39, 0.29) is 12.5 Å². The average Bonchev–Trinajstić information content (AvgIpc) is 3.07. The van der Waals surface area contributed by atoms with Crippen LogP contribution in [0.15, 0.2) is 29.1 Å². The molecule has 0 saturated heterocycles. The van der Waals surface area contributed by atoms with Crippen LogP contribution in [-0.4, -0.2) is 32.1 Å². The molecule has 0 spiro atoms. The average molecular weight is 328 g/mol. The summed E-state index contributed by atoms with van der Waals surface area (Å²) in [4.78, 5) is 20.8. The number of pyridine rings is 1. The van der Waals surface area contributed by atoms with Gasteiger partial charge in [-0.15, -0.1) is 0 Å². The number of furan rings is 1. The third-order valence-electron chi connectivity index (χ3n) is 4.03. The lowest BCUT2D eigenvalue weighted by Crippen LogP contribution is -2.38. The number of aromatic nitrogens is 3. The smallest absolute Gasteiger partial charge is 0.253 e. The number of hydrogen-bond acceptors (Lipinski definition) is 5. The lowest BCUT2D eigenvalue weighted by molar-refractivity contribution is 0.0514. The zero-order valence-electron chi connectivity index (χ0n) is 14.1. The zero-order chi connectivity index (χ0) is 17.5. The van der Waals surface area contributed by atoms with E-state index < -0.39 is 5.60 Å². The number of fused-ring (bicyclic) bond motifs is 1. The molecule has 0 aromatic carbocycles. The van der Waals surface area contributed by atoms with Crippen molar-refractivity contribution in [3.63, 3.8) is 0 Å². The van der Waals surface area contributed by atoms with E-state index >= 15 is 0 Å². The summed E-state index contributed by atoms with van der Waals surface area (Å²) < 4.78 is 7.23. The second kappa shape index (κ2) is 5.76. The van der Waals surface area contributed by atoms with E-state index in [2.05, 4.69) is 15.3 Å². The van der Waals surface area contributed by atoms with Gasteiger partial charge in [-0.25, -0.2) is 9.97 Å². The summed E-state index contributed by atoms with van der Waals surface area (Å²) in [6, 6.07) is 3.46. The van der Waals surface area contributed by atoms with Crippen molar-refractivity contribution in [1.29, 1.82) is 0 Å². The zero-order valence-corrected chi connectivity index (χ0v) is 14.1. The summed E-state index contributed by atoms with van der Waals surface area (Å²) in [6.07, 6.45) is 3.15. The van der Waals surface area contributed by atoms with Crippen LogP contribution in [-0.2, 0) is 12.6 Å². The van der Waals surface area contributed by atoms with Gasteiger partial charge < -0.3 is 19.4 Å². The molecule has 3 aromatic rings. The van der Waals surface area contributed by atoms with Gasteiger partial charge in [0.15, 0.2) is 5.65 Å². The molecule has 0 bridgehead atoms. The van der Waals surface area contributed by atoms with Crippen LogP contribution >= 0.6 is 0 Å². The van der Waals surface area contributed by atoms with E-state index in [4.69, 9.17) is 4.42 Å². The number of hydrogen-bond donors (Lipinski definition) is 2. The van der Waals surface area contributed by atoms with Gasteiger partial charge in [-0.3, -0.25) is 4.79 Å². The second-order valence-electron chi connectivity index (χ2n) is 6.21. The molecule has 1 amide bonds. The molecule has 3 rings (SSSR count). The minimum absolute atomic E-state index is 0.0614. The maximum absolute atomic E-state index is 12.3. The first kappa shape index (κ1) is 16.2. The Morgan fingerprint density at radius 1 is 1.38 bits per heavy atom. The van der Waals surface area contributed by atoms with Crippen molar-refractivity contribution in [3.05, 3.63) is 47.3 Å². The maximum atomic E-state index is 12.3. The molecular weight excluding hydrogens is 308 g/mol. The van der Waals surface area contributed by atoms with Crippen molar-refractivity contribution < 1.29 is 14.3 Å². The van der Waals surface area contributed by atoms with Crippen molar-refractivity contribution in [2.75, 3.05) is 6.54 Å². The minimum Gasteiger partial charge on any atom is -0.466 e. The van der Waals surface area contributed by atoms with Gasteiger partial charge in [-0.05, 0) is 32.9 Å². The Hall–Kier alpha value is -2.67. The molecule has 0 aliphatic heterocycles. The van der Waals surface area contributed by atoms with E-state index in [0.29, 0.717) is 28.1 Å². The van der Waals surface area contributed by atoms with E-state index in [0.717, 1.165) is 5.76 Å². The highest BCUT2D eigenvalue weighted by atomic mass is 16.3. The highest BCUT2D eigenvalue weighted by Gasteiger charge is 2.28. The first-order valence-electron chi connectivity index (χ1n) is 7.63. The molecule has 7 heteroatoms. The molecule has 24 heavy (non-hydrogen) atoms. The SMILES string of the molecule is Cc1cc(C(C)(O)CNC(=O)c2cnc3c(c2)ncn3C)c(C)o1. The quantitative estimate of drug-likeness (QED) is 0.762. The second-order valence-corrected chi connectivity index (χ2v) is 6.21. The number of amides is 1. The summed E-state index contributed by atoms with van der Waals surface area (Å²) in [5.41, 5.74) is 1.21. The first-order chi connectivity index (χ1) is 11.3. The number of nitrogens with one attached hydrogen (secondary N) is 1. The van der Waals surface area contributed by atoms with Crippen molar-refractivity contribution in [2.24, 2.45) is 7.05 Å². The van der Waals surface area contributed by atoms with Gasteiger partial charge in [0.25, 0.3) is 5.91 Å². The van der Waals surface area contributed by atoms with Crippen molar-refractivity contribution in [2.45, 2.75) is 26.4 Å². The first-order valence-corrected chi connectivity index (χ1v) is 7.63. The summed E-state index contributed by atoms with van der Waals surface area (Å²) >= 11 is 0. The fourth-order valence-corrected chi connectivity index (χ4v) is 2.76. The molecule has 7 nitrogen and oxygen atoms in total. The molecule has 0 aliphatic carbocycles. The Labute approximate surface area is 139 Å².